The van der Waals surface area contributed by atoms with Crippen LogP contribution < -0.4 is 5.32 Å². The Bertz CT molecular complexity index is 724. The molecule has 27 heavy (non-hydrogen) atoms. The minimum absolute atomic E-state index is 0. The molecule has 3 rings (SSSR count). The highest BCUT2D eigenvalue weighted by Crippen LogP contribution is 2.27. The van der Waals surface area contributed by atoms with Gasteiger partial charge >= 0.3 is 0 Å². The third kappa shape index (κ3) is 5.35. The molecule has 0 saturated carbocycles. The van der Waals surface area contributed by atoms with Gasteiger partial charge in [-0.05, 0) is 25.2 Å². The Morgan fingerprint density at radius 1 is 1.33 bits per heavy atom. The highest BCUT2D eigenvalue weighted by Gasteiger charge is 2.33. The Labute approximate surface area is 179 Å². The molecule has 0 amide bonds. The first-order valence-electron chi connectivity index (χ1n) is 9.30. The van der Waals surface area contributed by atoms with E-state index in [1.165, 1.54) is 6.26 Å². The number of likely N-dealkylation sites (tertiary alicyclic amines) is 1. The number of hydrogen-bond donors (Lipinski definition) is 1. The maximum absolute atomic E-state index is 11.9. The summed E-state index contributed by atoms with van der Waals surface area (Å²) in [6.45, 7) is 5.32. The standard InChI is InChI=1S/C17H30N6O2S.HI/c1-14-6-9-21(12-16(14)22-10-7-19-13-22)17(18-2)20-11-15-5-4-8-23(15)26(3,24)25;/h7,10,13-16H,4-6,8-9,11-12H2,1-3H3,(H,18,20);1H/t14?,15-,16?;/m1./s1. The number of hydrogen-bond acceptors (Lipinski definition) is 4. The molecule has 154 valence electrons. The molecule has 8 nitrogen and oxygen atoms in total. The van der Waals surface area contributed by atoms with Crippen LogP contribution >= 0.6 is 24.0 Å². The van der Waals surface area contributed by atoms with Crippen LogP contribution in [0, 0.1) is 5.92 Å². The van der Waals surface area contributed by atoms with Gasteiger partial charge in [0.05, 0.1) is 18.6 Å². The second kappa shape index (κ2) is 9.55. The van der Waals surface area contributed by atoms with Gasteiger partial charge in [0.1, 0.15) is 0 Å². The molecule has 0 spiro atoms. The lowest BCUT2D eigenvalue weighted by atomic mass is 9.93. The number of guanidine groups is 1. The van der Waals surface area contributed by atoms with Crippen molar-refractivity contribution in [1.82, 2.24) is 24.1 Å². The maximum Gasteiger partial charge on any atom is 0.211 e. The largest absolute Gasteiger partial charge is 0.355 e. The van der Waals surface area contributed by atoms with Gasteiger partial charge in [-0.2, -0.15) is 4.31 Å². The Balaban J connectivity index is 0.00000261. The number of nitrogens with zero attached hydrogens (tertiary/aromatic N) is 5. The number of sulfonamides is 1. The zero-order chi connectivity index (χ0) is 18.7. The van der Waals surface area contributed by atoms with Gasteiger partial charge in [0.25, 0.3) is 0 Å². The van der Waals surface area contributed by atoms with Crippen molar-refractivity contribution >= 4 is 40.0 Å². The van der Waals surface area contributed by atoms with Crippen molar-refractivity contribution < 1.29 is 8.42 Å². The first-order chi connectivity index (χ1) is 12.4. The zero-order valence-corrected chi connectivity index (χ0v) is 19.4. The van der Waals surface area contributed by atoms with Crippen LogP contribution in [-0.2, 0) is 10.0 Å². The fraction of sp³-hybridized carbons (Fsp3) is 0.765. The molecule has 2 aliphatic heterocycles. The number of aliphatic imine (C=N–C) groups is 1. The number of halogens is 1. The van der Waals surface area contributed by atoms with Gasteiger partial charge in [0, 0.05) is 51.7 Å². The van der Waals surface area contributed by atoms with Crippen molar-refractivity contribution in [1.29, 1.82) is 0 Å². The van der Waals surface area contributed by atoms with E-state index in [9.17, 15) is 8.42 Å². The predicted octanol–water partition coefficient (Wildman–Crippen LogP) is 1.38. The van der Waals surface area contributed by atoms with Crippen LogP contribution in [0.25, 0.3) is 0 Å². The first kappa shape index (κ1) is 22.4. The lowest BCUT2D eigenvalue weighted by Gasteiger charge is -2.39. The molecular weight excluding hydrogens is 479 g/mol. The molecule has 3 heterocycles. The summed E-state index contributed by atoms with van der Waals surface area (Å²) in [4.78, 5) is 10.9. The highest BCUT2D eigenvalue weighted by molar-refractivity contribution is 14.0. The van der Waals surface area contributed by atoms with Gasteiger partial charge in [0.2, 0.25) is 10.0 Å². The molecule has 2 unspecified atom stereocenters. The quantitative estimate of drug-likeness (QED) is 0.376. The number of aromatic nitrogens is 2. The molecule has 10 heteroatoms. The molecule has 2 fully saturated rings. The lowest BCUT2D eigenvalue weighted by Crippen LogP contribution is -2.51. The Morgan fingerprint density at radius 2 is 2.11 bits per heavy atom. The summed E-state index contributed by atoms with van der Waals surface area (Å²) >= 11 is 0. The van der Waals surface area contributed by atoms with Gasteiger partial charge in [-0.15, -0.1) is 24.0 Å². The van der Waals surface area contributed by atoms with E-state index in [4.69, 9.17) is 0 Å². The number of imidazole rings is 1. The van der Waals surface area contributed by atoms with Gasteiger partial charge in [-0.3, -0.25) is 4.99 Å². The average molecular weight is 510 g/mol. The van der Waals surface area contributed by atoms with Crippen LogP contribution in [-0.4, -0.2) is 78.7 Å². The fourth-order valence-electron chi connectivity index (χ4n) is 4.09. The van der Waals surface area contributed by atoms with E-state index < -0.39 is 10.0 Å². The summed E-state index contributed by atoms with van der Waals surface area (Å²) in [5.41, 5.74) is 0. The Kier molecular flexibility index (Phi) is 7.93. The SMILES string of the molecule is CN=C(NC[C@H]1CCCN1S(C)(=O)=O)N1CCC(C)C(n2ccnc2)C1.I. The lowest BCUT2D eigenvalue weighted by molar-refractivity contribution is 0.188. The second-order valence-corrected chi connectivity index (χ2v) is 9.32. The van der Waals surface area contributed by atoms with Crippen LogP contribution in [0.2, 0.25) is 0 Å². The van der Waals surface area contributed by atoms with E-state index >= 15 is 0 Å². The molecule has 1 N–H and O–H groups in total. The van der Waals surface area contributed by atoms with Crippen LogP contribution in [0.3, 0.4) is 0 Å². The van der Waals surface area contributed by atoms with E-state index in [0.29, 0.717) is 25.0 Å². The molecular formula is C17H31IN6O2S. The molecule has 0 radical (unpaired) electrons. The number of rotatable bonds is 4. The molecule has 3 atom stereocenters. The van der Waals surface area contributed by atoms with E-state index in [0.717, 1.165) is 38.3 Å². The van der Waals surface area contributed by atoms with Crippen molar-refractivity contribution in [3.05, 3.63) is 18.7 Å². The number of piperidine rings is 1. The first-order valence-corrected chi connectivity index (χ1v) is 11.1. The van der Waals surface area contributed by atoms with Gasteiger partial charge < -0.3 is 14.8 Å². The van der Waals surface area contributed by atoms with Crippen molar-refractivity contribution in [2.45, 2.75) is 38.3 Å². The van der Waals surface area contributed by atoms with E-state index in [-0.39, 0.29) is 30.0 Å². The van der Waals surface area contributed by atoms with Gasteiger partial charge in [-0.25, -0.2) is 13.4 Å². The molecule has 2 saturated heterocycles. The molecule has 0 aliphatic carbocycles. The van der Waals surface area contributed by atoms with Gasteiger partial charge in [-0.1, -0.05) is 6.92 Å². The predicted molar refractivity (Wildman–Crippen MR) is 118 cm³/mol. The third-order valence-corrected chi connectivity index (χ3v) is 6.92. The summed E-state index contributed by atoms with van der Waals surface area (Å²) in [7, 11) is -1.36. The van der Waals surface area contributed by atoms with Crippen LogP contribution in [0.15, 0.2) is 23.7 Å². The normalized spacial score (nSPS) is 27.4. The summed E-state index contributed by atoms with van der Waals surface area (Å²) in [6.07, 6.45) is 9.91. The monoisotopic (exact) mass is 510 g/mol. The van der Waals surface area contributed by atoms with Crippen LogP contribution in [0.5, 0.6) is 0 Å². The minimum atomic E-state index is -3.15. The summed E-state index contributed by atoms with van der Waals surface area (Å²) in [5.74, 6) is 1.43. The summed E-state index contributed by atoms with van der Waals surface area (Å²) in [5, 5.41) is 3.41. The molecule has 2 aliphatic rings. The molecule has 0 aromatic carbocycles. The molecule has 1 aromatic rings. The number of nitrogens with one attached hydrogen (secondary N) is 1. The Morgan fingerprint density at radius 3 is 2.74 bits per heavy atom. The van der Waals surface area contributed by atoms with Crippen molar-refractivity contribution in [2.24, 2.45) is 10.9 Å². The summed E-state index contributed by atoms with van der Waals surface area (Å²) < 4.78 is 27.6. The highest BCUT2D eigenvalue weighted by atomic mass is 127. The van der Waals surface area contributed by atoms with Crippen molar-refractivity contribution in [3.8, 4) is 0 Å². The molecule has 1 aromatic heterocycles. The second-order valence-electron chi connectivity index (χ2n) is 7.39. The fourth-order valence-corrected chi connectivity index (χ4v) is 5.27. The van der Waals surface area contributed by atoms with E-state index in [1.807, 2.05) is 18.7 Å². The van der Waals surface area contributed by atoms with Crippen LogP contribution in [0.1, 0.15) is 32.2 Å². The Hall–Kier alpha value is -0.880. The smallest absolute Gasteiger partial charge is 0.211 e. The zero-order valence-electron chi connectivity index (χ0n) is 16.3. The average Bonchev–Trinajstić information content (AvgIpc) is 3.27. The molecule has 0 bridgehead atoms. The van der Waals surface area contributed by atoms with E-state index in [2.05, 4.69) is 31.7 Å². The van der Waals surface area contributed by atoms with E-state index in [1.54, 1.807) is 11.4 Å². The van der Waals surface area contributed by atoms with Crippen molar-refractivity contribution in [2.75, 3.05) is 39.5 Å². The van der Waals surface area contributed by atoms with Crippen LogP contribution in [0.4, 0.5) is 0 Å². The van der Waals surface area contributed by atoms with Gasteiger partial charge in [0.15, 0.2) is 5.96 Å². The third-order valence-electron chi connectivity index (χ3n) is 5.58. The minimum Gasteiger partial charge on any atom is -0.355 e. The maximum atomic E-state index is 11.9. The summed E-state index contributed by atoms with van der Waals surface area (Å²) in [6, 6.07) is 0.374. The topological polar surface area (TPSA) is 82.8 Å². The van der Waals surface area contributed by atoms with Crippen molar-refractivity contribution in [3.63, 3.8) is 0 Å².